The maximum atomic E-state index is 12.8. The molecule has 2 aliphatic rings. The summed E-state index contributed by atoms with van der Waals surface area (Å²) in [7, 11) is 0. The molecule has 30 heavy (non-hydrogen) atoms. The van der Waals surface area contributed by atoms with E-state index in [4.69, 9.17) is 11.6 Å². The first kappa shape index (κ1) is 20.1. The Balaban J connectivity index is 1.40. The zero-order valence-corrected chi connectivity index (χ0v) is 17.0. The fourth-order valence-electron chi connectivity index (χ4n) is 3.79. The van der Waals surface area contributed by atoms with E-state index in [1.54, 1.807) is 58.3 Å². The van der Waals surface area contributed by atoms with Gasteiger partial charge in [0.25, 0.3) is 17.7 Å². The van der Waals surface area contributed by atoms with Gasteiger partial charge in [0.2, 0.25) is 5.91 Å². The molecule has 0 radical (unpaired) electrons. The van der Waals surface area contributed by atoms with Crippen LogP contribution in [0.25, 0.3) is 0 Å². The molecule has 8 heteroatoms. The zero-order valence-electron chi connectivity index (χ0n) is 16.2. The zero-order chi connectivity index (χ0) is 21.3. The second-order valence-corrected chi connectivity index (χ2v) is 7.66. The van der Waals surface area contributed by atoms with E-state index in [-0.39, 0.29) is 18.4 Å². The number of imide groups is 1. The molecule has 0 aromatic heterocycles. The van der Waals surface area contributed by atoms with Gasteiger partial charge in [0, 0.05) is 26.2 Å². The molecular formula is C22H20ClN3O4. The first-order valence-corrected chi connectivity index (χ1v) is 10.1. The minimum Gasteiger partial charge on any atom is -0.339 e. The van der Waals surface area contributed by atoms with Crippen LogP contribution >= 0.6 is 11.6 Å². The predicted molar refractivity (Wildman–Crippen MR) is 110 cm³/mol. The summed E-state index contributed by atoms with van der Waals surface area (Å²) in [5.74, 6) is -1.38. The molecule has 2 aliphatic heterocycles. The van der Waals surface area contributed by atoms with E-state index in [1.165, 1.54) is 0 Å². The molecule has 4 amide bonds. The van der Waals surface area contributed by atoms with Crippen molar-refractivity contribution in [2.24, 2.45) is 0 Å². The highest BCUT2D eigenvalue weighted by Gasteiger charge is 2.37. The standard InChI is InChI=1S/C22H20ClN3O4/c23-18-9-4-3-8-17(18)20(28)25-11-5-10-24(12-13-25)19(27)14-26-21(29)15-6-1-2-7-16(15)22(26)30/h1-4,6-9H,5,10-14H2. The summed E-state index contributed by atoms with van der Waals surface area (Å²) in [5, 5.41) is 0.394. The van der Waals surface area contributed by atoms with Gasteiger partial charge in [-0.25, -0.2) is 0 Å². The third-order valence-corrected chi connectivity index (χ3v) is 5.74. The summed E-state index contributed by atoms with van der Waals surface area (Å²) in [6.07, 6.45) is 0.601. The highest BCUT2D eigenvalue weighted by Crippen LogP contribution is 2.23. The summed E-state index contributed by atoms with van der Waals surface area (Å²) >= 11 is 6.14. The average molecular weight is 426 g/mol. The largest absolute Gasteiger partial charge is 0.339 e. The molecule has 0 bridgehead atoms. The average Bonchev–Trinajstić information content (AvgIpc) is 2.93. The molecule has 0 N–H and O–H groups in total. The van der Waals surface area contributed by atoms with Gasteiger partial charge in [0.15, 0.2) is 0 Å². The molecular weight excluding hydrogens is 406 g/mol. The number of carbonyl (C=O) groups excluding carboxylic acids is 4. The van der Waals surface area contributed by atoms with Gasteiger partial charge in [-0.15, -0.1) is 0 Å². The van der Waals surface area contributed by atoms with E-state index in [2.05, 4.69) is 0 Å². The van der Waals surface area contributed by atoms with E-state index in [9.17, 15) is 19.2 Å². The van der Waals surface area contributed by atoms with Gasteiger partial charge in [-0.2, -0.15) is 0 Å². The lowest BCUT2D eigenvalue weighted by Gasteiger charge is -2.24. The Morgan fingerprint density at radius 2 is 1.37 bits per heavy atom. The fraction of sp³-hybridized carbons (Fsp3) is 0.273. The van der Waals surface area contributed by atoms with Crippen molar-refractivity contribution in [1.29, 1.82) is 0 Å². The third-order valence-electron chi connectivity index (χ3n) is 5.41. The molecule has 0 atom stereocenters. The van der Waals surface area contributed by atoms with Crippen LogP contribution in [0.5, 0.6) is 0 Å². The fourth-order valence-corrected chi connectivity index (χ4v) is 4.01. The minimum atomic E-state index is -0.450. The lowest BCUT2D eigenvalue weighted by molar-refractivity contribution is -0.131. The molecule has 0 unspecified atom stereocenters. The molecule has 1 fully saturated rings. The Kier molecular flexibility index (Phi) is 5.55. The van der Waals surface area contributed by atoms with Crippen molar-refractivity contribution in [2.75, 3.05) is 32.7 Å². The van der Waals surface area contributed by atoms with Crippen LogP contribution in [0.1, 0.15) is 37.5 Å². The maximum Gasteiger partial charge on any atom is 0.262 e. The smallest absolute Gasteiger partial charge is 0.262 e. The van der Waals surface area contributed by atoms with Crippen LogP contribution in [0.3, 0.4) is 0 Å². The number of carbonyl (C=O) groups is 4. The van der Waals surface area contributed by atoms with Crippen LogP contribution in [-0.4, -0.2) is 71.1 Å². The molecule has 1 saturated heterocycles. The van der Waals surface area contributed by atoms with Crippen molar-refractivity contribution in [3.8, 4) is 0 Å². The molecule has 4 rings (SSSR count). The second kappa shape index (κ2) is 8.28. The van der Waals surface area contributed by atoms with Crippen LogP contribution in [0.4, 0.5) is 0 Å². The molecule has 2 aromatic carbocycles. The van der Waals surface area contributed by atoms with Gasteiger partial charge in [-0.05, 0) is 30.7 Å². The van der Waals surface area contributed by atoms with Gasteiger partial charge in [0.05, 0.1) is 21.7 Å². The van der Waals surface area contributed by atoms with Crippen LogP contribution in [0.2, 0.25) is 5.02 Å². The van der Waals surface area contributed by atoms with Gasteiger partial charge in [-0.3, -0.25) is 24.1 Å². The highest BCUT2D eigenvalue weighted by atomic mass is 35.5. The monoisotopic (exact) mass is 425 g/mol. The SMILES string of the molecule is O=C(CN1C(=O)c2ccccc2C1=O)N1CCCN(C(=O)c2ccccc2Cl)CC1. The molecule has 0 aliphatic carbocycles. The maximum absolute atomic E-state index is 12.8. The first-order chi connectivity index (χ1) is 14.5. The van der Waals surface area contributed by atoms with Crippen molar-refractivity contribution < 1.29 is 19.2 Å². The number of benzene rings is 2. The number of halogens is 1. The lowest BCUT2D eigenvalue weighted by Crippen LogP contribution is -2.44. The normalized spacial score (nSPS) is 16.5. The second-order valence-electron chi connectivity index (χ2n) is 7.25. The first-order valence-electron chi connectivity index (χ1n) is 9.74. The molecule has 2 aromatic rings. The van der Waals surface area contributed by atoms with Gasteiger partial charge in [0.1, 0.15) is 6.54 Å². The van der Waals surface area contributed by atoms with Crippen molar-refractivity contribution in [3.05, 3.63) is 70.2 Å². The minimum absolute atomic E-state index is 0.171. The number of hydrogen-bond acceptors (Lipinski definition) is 4. The van der Waals surface area contributed by atoms with E-state index < -0.39 is 11.8 Å². The van der Waals surface area contributed by atoms with Crippen molar-refractivity contribution in [1.82, 2.24) is 14.7 Å². The Morgan fingerprint density at radius 1 is 0.800 bits per heavy atom. The van der Waals surface area contributed by atoms with E-state index in [0.717, 1.165) is 4.90 Å². The summed E-state index contributed by atoms with van der Waals surface area (Å²) in [4.78, 5) is 54.8. The van der Waals surface area contributed by atoms with E-state index >= 15 is 0 Å². The Bertz CT molecular complexity index is 1000. The van der Waals surface area contributed by atoms with Crippen LogP contribution in [0, 0.1) is 0 Å². The van der Waals surface area contributed by atoms with Gasteiger partial charge >= 0.3 is 0 Å². The lowest BCUT2D eigenvalue weighted by atomic mass is 10.1. The summed E-state index contributed by atoms with van der Waals surface area (Å²) in [6, 6.07) is 13.4. The van der Waals surface area contributed by atoms with E-state index in [0.29, 0.717) is 54.3 Å². The Labute approximate surface area is 178 Å². The summed E-state index contributed by atoms with van der Waals surface area (Å²) in [5.41, 5.74) is 1.08. The van der Waals surface area contributed by atoms with E-state index in [1.807, 2.05) is 0 Å². The van der Waals surface area contributed by atoms with Crippen LogP contribution in [0.15, 0.2) is 48.5 Å². The van der Waals surface area contributed by atoms with Crippen molar-refractivity contribution in [2.45, 2.75) is 6.42 Å². The van der Waals surface area contributed by atoms with Crippen molar-refractivity contribution >= 4 is 35.2 Å². The third kappa shape index (κ3) is 3.68. The Hall–Kier alpha value is -3.19. The number of amides is 4. The highest BCUT2D eigenvalue weighted by molar-refractivity contribution is 6.33. The number of fused-ring (bicyclic) bond motifs is 1. The quantitative estimate of drug-likeness (QED) is 0.707. The molecule has 0 saturated carbocycles. The molecule has 0 spiro atoms. The number of nitrogens with zero attached hydrogens (tertiary/aromatic N) is 3. The summed E-state index contributed by atoms with van der Waals surface area (Å²) in [6.45, 7) is 1.34. The number of hydrogen-bond donors (Lipinski definition) is 0. The van der Waals surface area contributed by atoms with Crippen LogP contribution < -0.4 is 0 Å². The predicted octanol–water partition coefficient (Wildman–Crippen LogP) is 2.31. The van der Waals surface area contributed by atoms with Crippen LogP contribution in [-0.2, 0) is 4.79 Å². The summed E-state index contributed by atoms with van der Waals surface area (Å²) < 4.78 is 0. The molecule has 2 heterocycles. The Morgan fingerprint density at radius 3 is 2.03 bits per heavy atom. The number of rotatable bonds is 3. The van der Waals surface area contributed by atoms with Crippen molar-refractivity contribution in [3.63, 3.8) is 0 Å². The topological polar surface area (TPSA) is 78.0 Å². The molecule has 7 nitrogen and oxygen atoms in total. The van der Waals surface area contributed by atoms with Gasteiger partial charge < -0.3 is 9.80 Å². The molecule has 154 valence electrons. The van der Waals surface area contributed by atoms with Gasteiger partial charge in [-0.1, -0.05) is 35.9 Å².